The van der Waals surface area contributed by atoms with Crippen molar-refractivity contribution in [2.24, 2.45) is 5.92 Å². The molecule has 6 nitrogen and oxygen atoms in total. The number of carbonyl (C=O) groups excluding carboxylic acids is 2. The van der Waals surface area contributed by atoms with Crippen LogP contribution in [0.1, 0.15) is 61.0 Å². The third-order valence-electron chi connectivity index (χ3n) is 4.30. The van der Waals surface area contributed by atoms with Crippen molar-refractivity contribution in [3.05, 3.63) is 35.9 Å². The van der Waals surface area contributed by atoms with Gasteiger partial charge in [0.05, 0.1) is 12.7 Å². The molecule has 0 spiro atoms. The first-order valence-corrected chi connectivity index (χ1v) is 10.1. The highest BCUT2D eigenvalue weighted by atomic mass is 16.7. The third kappa shape index (κ3) is 6.03. The van der Waals surface area contributed by atoms with Crippen LogP contribution in [0.2, 0.25) is 0 Å². The van der Waals surface area contributed by atoms with Crippen LogP contribution in [-0.2, 0) is 35.1 Å². The zero-order valence-electron chi connectivity index (χ0n) is 18.8. The molecule has 0 unspecified atom stereocenters. The predicted molar refractivity (Wildman–Crippen MR) is 109 cm³/mol. The van der Waals surface area contributed by atoms with Gasteiger partial charge in [0.25, 0.3) is 5.60 Å². The van der Waals surface area contributed by atoms with E-state index in [1.807, 2.05) is 44.2 Å². The molecule has 0 amide bonds. The van der Waals surface area contributed by atoms with Crippen LogP contribution in [0.3, 0.4) is 0 Å². The van der Waals surface area contributed by atoms with Crippen molar-refractivity contribution >= 4 is 11.9 Å². The summed E-state index contributed by atoms with van der Waals surface area (Å²) in [6, 6.07) is 9.72. The molecule has 1 aromatic rings. The number of esters is 2. The Morgan fingerprint density at radius 3 is 1.86 bits per heavy atom. The van der Waals surface area contributed by atoms with Crippen LogP contribution in [0.15, 0.2) is 30.3 Å². The van der Waals surface area contributed by atoms with Crippen LogP contribution >= 0.6 is 0 Å². The lowest BCUT2D eigenvalue weighted by Crippen LogP contribution is -2.47. The lowest BCUT2D eigenvalue weighted by atomic mass is 9.94. The summed E-state index contributed by atoms with van der Waals surface area (Å²) < 4.78 is 22.9. The molecule has 0 N–H and O–H groups in total. The van der Waals surface area contributed by atoms with Gasteiger partial charge in [-0.05, 0) is 53.0 Å². The highest BCUT2D eigenvalue weighted by Crippen LogP contribution is 2.45. The van der Waals surface area contributed by atoms with Crippen molar-refractivity contribution in [1.29, 1.82) is 0 Å². The molecule has 1 fully saturated rings. The molecule has 1 saturated heterocycles. The van der Waals surface area contributed by atoms with Gasteiger partial charge in [0.1, 0.15) is 17.3 Å². The zero-order valence-corrected chi connectivity index (χ0v) is 18.8. The van der Waals surface area contributed by atoms with Crippen LogP contribution in [-0.4, -0.2) is 40.9 Å². The molecule has 2 rings (SSSR count). The Bertz CT molecular complexity index is 683. The first kappa shape index (κ1) is 23.4. The van der Waals surface area contributed by atoms with E-state index in [0.717, 1.165) is 5.56 Å². The minimum atomic E-state index is -1.80. The smallest absolute Gasteiger partial charge is 0.353 e. The van der Waals surface area contributed by atoms with Crippen LogP contribution < -0.4 is 0 Å². The monoisotopic (exact) mass is 406 g/mol. The maximum Gasteiger partial charge on any atom is 0.353 e. The van der Waals surface area contributed by atoms with Gasteiger partial charge in [-0.25, -0.2) is 9.59 Å². The van der Waals surface area contributed by atoms with Crippen LogP contribution in [0.4, 0.5) is 0 Å². The van der Waals surface area contributed by atoms with E-state index >= 15 is 0 Å². The third-order valence-corrected chi connectivity index (χ3v) is 4.30. The topological polar surface area (TPSA) is 74.4 Å². The summed E-state index contributed by atoms with van der Waals surface area (Å²) in [7, 11) is 0. The summed E-state index contributed by atoms with van der Waals surface area (Å²) in [4.78, 5) is 26.0. The van der Waals surface area contributed by atoms with E-state index in [0.29, 0.717) is 6.61 Å². The SMILES string of the molecule is CC(C)[C@H](OCc1ccccc1)[C@@H]1OC1(C(=O)OC(C)(C)C)C(=O)OC(C)(C)C. The van der Waals surface area contributed by atoms with E-state index in [2.05, 4.69) is 0 Å². The van der Waals surface area contributed by atoms with Crippen LogP contribution in [0, 0.1) is 5.92 Å². The van der Waals surface area contributed by atoms with Crippen molar-refractivity contribution in [3.63, 3.8) is 0 Å². The summed E-state index contributed by atoms with van der Waals surface area (Å²) in [5, 5.41) is 0. The standard InChI is InChI=1S/C23H34O6/c1-15(2)17(26-14-16-12-10-9-11-13-16)18-23(27-18,19(24)28-21(3,4)5)20(25)29-22(6,7)8/h9-13,15,17-18H,14H2,1-8H3/t17-,18-/m0/s1. The number of hydrogen-bond acceptors (Lipinski definition) is 6. The number of carbonyl (C=O) groups is 2. The first-order chi connectivity index (χ1) is 13.3. The number of epoxide rings is 1. The van der Waals surface area contributed by atoms with Gasteiger partial charge in [-0.1, -0.05) is 44.2 Å². The molecule has 6 heteroatoms. The molecule has 29 heavy (non-hydrogen) atoms. The molecule has 162 valence electrons. The number of ether oxygens (including phenoxy) is 4. The highest BCUT2D eigenvalue weighted by Gasteiger charge is 2.75. The van der Waals surface area contributed by atoms with E-state index in [-0.39, 0.29) is 5.92 Å². The largest absolute Gasteiger partial charge is 0.457 e. The fraction of sp³-hybridized carbons (Fsp3) is 0.652. The Balaban J connectivity index is 2.25. The number of hydrogen-bond donors (Lipinski definition) is 0. The second kappa shape index (κ2) is 8.44. The Morgan fingerprint density at radius 2 is 1.45 bits per heavy atom. The maximum absolute atomic E-state index is 13.0. The molecule has 0 bridgehead atoms. The molecule has 1 aliphatic heterocycles. The summed E-state index contributed by atoms with van der Waals surface area (Å²) in [5.74, 6) is -1.47. The van der Waals surface area contributed by atoms with Gasteiger partial charge in [0, 0.05) is 0 Å². The fourth-order valence-electron chi connectivity index (χ4n) is 2.98. The Morgan fingerprint density at radius 1 is 0.966 bits per heavy atom. The van der Waals surface area contributed by atoms with E-state index in [4.69, 9.17) is 18.9 Å². The van der Waals surface area contributed by atoms with Crippen molar-refractivity contribution in [1.82, 2.24) is 0 Å². The van der Waals surface area contributed by atoms with Gasteiger partial charge in [0.15, 0.2) is 0 Å². The molecule has 0 aromatic heterocycles. The summed E-state index contributed by atoms with van der Waals surface area (Å²) in [5.41, 5.74) is -2.33. The second-order valence-corrected chi connectivity index (χ2v) is 9.78. The average molecular weight is 407 g/mol. The van der Waals surface area contributed by atoms with Crippen molar-refractivity contribution in [3.8, 4) is 0 Å². The molecule has 0 saturated carbocycles. The van der Waals surface area contributed by atoms with Gasteiger partial charge in [0.2, 0.25) is 0 Å². The van der Waals surface area contributed by atoms with Crippen LogP contribution in [0.5, 0.6) is 0 Å². The maximum atomic E-state index is 13.0. The van der Waals surface area contributed by atoms with Gasteiger partial charge >= 0.3 is 11.9 Å². The lowest BCUT2D eigenvalue weighted by Gasteiger charge is -2.26. The van der Waals surface area contributed by atoms with E-state index in [9.17, 15) is 9.59 Å². The Kier molecular flexibility index (Phi) is 6.80. The van der Waals surface area contributed by atoms with Crippen molar-refractivity contribution in [2.75, 3.05) is 0 Å². The molecule has 0 aliphatic carbocycles. The van der Waals surface area contributed by atoms with E-state index < -0.39 is 40.9 Å². The minimum absolute atomic E-state index is 0.00969. The summed E-state index contributed by atoms with van der Waals surface area (Å²) in [6.45, 7) is 14.8. The summed E-state index contributed by atoms with van der Waals surface area (Å²) in [6.07, 6.45) is -1.24. The fourth-order valence-corrected chi connectivity index (χ4v) is 2.98. The molecule has 1 heterocycles. The lowest BCUT2D eigenvalue weighted by molar-refractivity contribution is -0.176. The summed E-state index contributed by atoms with van der Waals surface area (Å²) >= 11 is 0. The van der Waals surface area contributed by atoms with Gasteiger partial charge in [-0.15, -0.1) is 0 Å². The van der Waals surface area contributed by atoms with E-state index in [1.165, 1.54) is 0 Å². The average Bonchev–Trinajstić information content (AvgIpc) is 3.29. The quantitative estimate of drug-likeness (QED) is 0.386. The van der Waals surface area contributed by atoms with Crippen LogP contribution in [0.25, 0.3) is 0 Å². The normalized spacial score (nSPS) is 19.6. The van der Waals surface area contributed by atoms with Crippen molar-refractivity contribution in [2.45, 2.75) is 91.0 Å². The number of rotatable bonds is 7. The molecule has 2 atom stereocenters. The predicted octanol–water partition coefficient (Wildman–Crippen LogP) is 4.05. The molecule has 1 aromatic carbocycles. The van der Waals surface area contributed by atoms with Crippen molar-refractivity contribution < 1.29 is 28.5 Å². The second-order valence-electron chi connectivity index (χ2n) is 9.78. The zero-order chi connectivity index (χ0) is 22.0. The molecule has 1 aliphatic rings. The molecular weight excluding hydrogens is 372 g/mol. The van der Waals surface area contributed by atoms with Gasteiger partial charge < -0.3 is 18.9 Å². The Hall–Kier alpha value is -1.92. The van der Waals surface area contributed by atoms with Gasteiger partial charge in [-0.3, -0.25) is 0 Å². The van der Waals surface area contributed by atoms with Gasteiger partial charge in [-0.2, -0.15) is 0 Å². The Labute approximate surface area is 173 Å². The molecule has 0 radical (unpaired) electrons. The first-order valence-electron chi connectivity index (χ1n) is 10.1. The van der Waals surface area contributed by atoms with E-state index in [1.54, 1.807) is 41.5 Å². The number of benzene rings is 1. The highest BCUT2D eigenvalue weighted by molar-refractivity contribution is 6.07. The minimum Gasteiger partial charge on any atom is -0.457 e. The molecular formula is C23H34O6.